The normalized spacial score (nSPS) is 32.5. The molecule has 0 aromatic rings. The van der Waals surface area contributed by atoms with E-state index in [0.29, 0.717) is 5.91 Å². The molecule has 2 rings (SSSR count). The molecule has 1 aliphatic heterocycles. The molecule has 3 nitrogen and oxygen atoms in total. The first-order chi connectivity index (χ1) is 6.84. The van der Waals surface area contributed by atoms with E-state index in [0.717, 1.165) is 26.1 Å². The van der Waals surface area contributed by atoms with Gasteiger partial charge in [-0.15, -0.1) is 0 Å². The Balaban J connectivity index is 2.06. The first-order valence-corrected chi connectivity index (χ1v) is 5.87. The standard InChI is InChI=1S/C12H22N2O/c1-11(2)7-9(11)10(15)14-6-5-13-8-12(14,3)4/h9,13H,5-8H2,1-4H3. The molecule has 1 atom stereocenters. The van der Waals surface area contributed by atoms with Crippen LogP contribution in [0.2, 0.25) is 0 Å². The van der Waals surface area contributed by atoms with Crippen molar-refractivity contribution in [2.24, 2.45) is 11.3 Å². The Hall–Kier alpha value is -0.570. The molecule has 15 heavy (non-hydrogen) atoms. The lowest BCUT2D eigenvalue weighted by Crippen LogP contribution is -2.60. The maximum atomic E-state index is 12.3. The summed E-state index contributed by atoms with van der Waals surface area (Å²) < 4.78 is 0. The molecule has 0 aromatic carbocycles. The average molecular weight is 210 g/mol. The van der Waals surface area contributed by atoms with Gasteiger partial charge in [-0.25, -0.2) is 0 Å². The van der Waals surface area contributed by atoms with Crippen molar-refractivity contribution in [3.05, 3.63) is 0 Å². The monoisotopic (exact) mass is 210 g/mol. The van der Waals surface area contributed by atoms with E-state index >= 15 is 0 Å². The van der Waals surface area contributed by atoms with Gasteiger partial charge in [-0.2, -0.15) is 0 Å². The van der Waals surface area contributed by atoms with E-state index in [4.69, 9.17) is 0 Å². The highest BCUT2D eigenvalue weighted by molar-refractivity contribution is 5.83. The number of carbonyl (C=O) groups is 1. The summed E-state index contributed by atoms with van der Waals surface area (Å²) in [4.78, 5) is 14.4. The van der Waals surface area contributed by atoms with Crippen molar-refractivity contribution in [1.82, 2.24) is 10.2 Å². The summed E-state index contributed by atoms with van der Waals surface area (Å²) in [5.41, 5.74) is 0.228. The van der Waals surface area contributed by atoms with Crippen molar-refractivity contribution < 1.29 is 4.79 Å². The van der Waals surface area contributed by atoms with Gasteiger partial charge in [0.2, 0.25) is 5.91 Å². The van der Waals surface area contributed by atoms with E-state index in [1.807, 2.05) is 0 Å². The Kier molecular flexibility index (Phi) is 2.34. The largest absolute Gasteiger partial charge is 0.335 e. The molecule has 1 aliphatic carbocycles. The molecule has 1 heterocycles. The minimum Gasteiger partial charge on any atom is -0.335 e. The van der Waals surface area contributed by atoms with Crippen LogP contribution in [0.3, 0.4) is 0 Å². The number of hydrogen-bond acceptors (Lipinski definition) is 2. The van der Waals surface area contributed by atoms with Crippen LogP contribution in [0.5, 0.6) is 0 Å². The SMILES string of the molecule is CC1(C)CC1C(=O)N1CCNCC1(C)C. The summed E-state index contributed by atoms with van der Waals surface area (Å²) in [6.45, 7) is 11.4. The smallest absolute Gasteiger partial charge is 0.226 e. The molecule has 0 aromatic heterocycles. The maximum absolute atomic E-state index is 12.3. The second-order valence-electron chi connectivity index (χ2n) is 6.22. The van der Waals surface area contributed by atoms with Gasteiger partial charge in [-0.1, -0.05) is 13.8 Å². The van der Waals surface area contributed by atoms with Crippen LogP contribution in [-0.4, -0.2) is 36.0 Å². The summed E-state index contributed by atoms with van der Waals surface area (Å²) in [5.74, 6) is 0.640. The highest BCUT2D eigenvalue weighted by Gasteiger charge is 2.53. The van der Waals surface area contributed by atoms with Crippen LogP contribution in [0.4, 0.5) is 0 Å². The van der Waals surface area contributed by atoms with E-state index in [-0.39, 0.29) is 16.9 Å². The zero-order chi connectivity index (χ0) is 11.3. The lowest BCUT2D eigenvalue weighted by molar-refractivity contribution is -0.139. The van der Waals surface area contributed by atoms with Crippen molar-refractivity contribution in [3.8, 4) is 0 Å². The third-order valence-corrected chi connectivity index (χ3v) is 3.88. The number of carbonyl (C=O) groups excluding carboxylic acids is 1. The summed E-state index contributed by atoms with van der Waals surface area (Å²) in [7, 11) is 0. The number of rotatable bonds is 1. The van der Waals surface area contributed by atoms with Crippen LogP contribution in [0.1, 0.15) is 34.1 Å². The van der Waals surface area contributed by atoms with Crippen LogP contribution in [-0.2, 0) is 4.79 Å². The molecule has 1 unspecified atom stereocenters. The molecule has 1 saturated heterocycles. The van der Waals surface area contributed by atoms with Gasteiger partial charge in [0.25, 0.3) is 0 Å². The summed E-state index contributed by atoms with van der Waals surface area (Å²) in [6, 6.07) is 0. The number of nitrogens with zero attached hydrogens (tertiary/aromatic N) is 1. The molecule has 0 spiro atoms. The Morgan fingerprint density at radius 2 is 1.93 bits per heavy atom. The molecule has 2 fully saturated rings. The highest BCUT2D eigenvalue weighted by Crippen LogP contribution is 2.53. The lowest BCUT2D eigenvalue weighted by atomic mass is 9.98. The Bertz CT molecular complexity index is 283. The fourth-order valence-electron chi connectivity index (χ4n) is 2.47. The van der Waals surface area contributed by atoms with Crippen molar-refractivity contribution in [1.29, 1.82) is 0 Å². The molecule has 1 saturated carbocycles. The maximum Gasteiger partial charge on any atom is 0.226 e. The summed E-state index contributed by atoms with van der Waals surface area (Å²) in [6.07, 6.45) is 1.06. The zero-order valence-electron chi connectivity index (χ0n) is 10.3. The van der Waals surface area contributed by atoms with Gasteiger partial charge in [-0.05, 0) is 25.7 Å². The minimum atomic E-state index is -0.0198. The minimum absolute atomic E-state index is 0.0198. The fourth-order valence-corrected chi connectivity index (χ4v) is 2.47. The molecule has 0 bridgehead atoms. The van der Waals surface area contributed by atoms with Crippen LogP contribution in [0.25, 0.3) is 0 Å². The lowest BCUT2D eigenvalue weighted by Gasteiger charge is -2.43. The van der Waals surface area contributed by atoms with Gasteiger partial charge in [0, 0.05) is 31.1 Å². The Morgan fingerprint density at radius 1 is 1.33 bits per heavy atom. The van der Waals surface area contributed by atoms with Gasteiger partial charge in [-0.3, -0.25) is 4.79 Å². The number of amides is 1. The molecular formula is C12H22N2O. The van der Waals surface area contributed by atoms with E-state index in [2.05, 4.69) is 37.9 Å². The average Bonchev–Trinajstić information content (AvgIpc) is 2.73. The predicted octanol–water partition coefficient (Wildman–Crippen LogP) is 1.24. The Morgan fingerprint density at radius 3 is 2.40 bits per heavy atom. The van der Waals surface area contributed by atoms with E-state index < -0.39 is 0 Å². The summed E-state index contributed by atoms with van der Waals surface area (Å²) in [5, 5.41) is 3.35. The van der Waals surface area contributed by atoms with Crippen molar-refractivity contribution in [3.63, 3.8) is 0 Å². The Labute approximate surface area is 92.2 Å². The van der Waals surface area contributed by atoms with E-state index in [1.54, 1.807) is 0 Å². The van der Waals surface area contributed by atoms with E-state index in [1.165, 1.54) is 0 Å². The highest BCUT2D eigenvalue weighted by atomic mass is 16.2. The third-order valence-electron chi connectivity index (χ3n) is 3.88. The predicted molar refractivity (Wildman–Crippen MR) is 60.5 cm³/mol. The molecule has 86 valence electrons. The third kappa shape index (κ3) is 1.89. The summed E-state index contributed by atoms with van der Waals surface area (Å²) >= 11 is 0. The topological polar surface area (TPSA) is 32.3 Å². The van der Waals surface area contributed by atoms with Crippen LogP contribution in [0.15, 0.2) is 0 Å². The number of piperazine rings is 1. The van der Waals surface area contributed by atoms with Gasteiger partial charge >= 0.3 is 0 Å². The first-order valence-electron chi connectivity index (χ1n) is 5.87. The molecule has 1 amide bonds. The number of nitrogens with one attached hydrogen (secondary N) is 1. The second-order valence-corrected chi connectivity index (χ2v) is 6.22. The molecular weight excluding hydrogens is 188 g/mol. The van der Waals surface area contributed by atoms with Crippen LogP contribution >= 0.6 is 0 Å². The fraction of sp³-hybridized carbons (Fsp3) is 0.917. The van der Waals surface area contributed by atoms with Gasteiger partial charge < -0.3 is 10.2 Å². The van der Waals surface area contributed by atoms with Crippen LogP contribution in [0, 0.1) is 11.3 Å². The zero-order valence-corrected chi connectivity index (χ0v) is 10.3. The molecule has 2 aliphatic rings. The molecule has 1 N–H and O–H groups in total. The quantitative estimate of drug-likeness (QED) is 0.706. The second kappa shape index (κ2) is 3.21. The van der Waals surface area contributed by atoms with Gasteiger partial charge in [0.15, 0.2) is 0 Å². The van der Waals surface area contributed by atoms with Crippen molar-refractivity contribution >= 4 is 5.91 Å². The van der Waals surface area contributed by atoms with Crippen LogP contribution < -0.4 is 5.32 Å². The van der Waals surface area contributed by atoms with Gasteiger partial charge in [0.1, 0.15) is 0 Å². The van der Waals surface area contributed by atoms with Gasteiger partial charge in [0.05, 0.1) is 0 Å². The molecule has 3 heteroatoms. The molecule has 0 radical (unpaired) electrons. The number of hydrogen-bond donors (Lipinski definition) is 1. The van der Waals surface area contributed by atoms with Crippen molar-refractivity contribution in [2.75, 3.05) is 19.6 Å². The first kappa shape index (κ1) is 10.9. The van der Waals surface area contributed by atoms with Crippen molar-refractivity contribution in [2.45, 2.75) is 39.7 Å². The van der Waals surface area contributed by atoms with E-state index in [9.17, 15) is 4.79 Å².